The second kappa shape index (κ2) is 8.16. The van der Waals surface area contributed by atoms with E-state index in [1.165, 1.54) is 0 Å². The van der Waals surface area contributed by atoms with Crippen LogP contribution in [0.15, 0.2) is 6.20 Å². The lowest BCUT2D eigenvalue weighted by Crippen LogP contribution is -2.07. The molecule has 0 radical (unpaired) electrons. The van der Waals surface area contributed by atoms with Gasteiger partial charge in [0, 0.05) is 6.54 Å². The Bertz CT molecular complexity index is 302. The van der Waals surface area contributed by atoms with E-state index in [1.807, 2.05) is 10.9 Å². The molecule has 0 spiro atoms. The average Bonchev–Trinajstić information content (AvgIpc) is 2.70. The minimum atomic E-state index is 0.0452. The van der Waals surface area contributed by atoms with Crippen molar-refractivity contribution in [3.05, 3.63) is 11.9 Å². The number of rotatable bonds is 9. The quantitative estimate of drug-likeness (QED) is 0.638. The van der Waals surface area contributed by atoms with Gasteiger partial charge in [0.25, 0.3) is 0 Å². The van der Waals surface area contributed by atoms with Crippen LogP contribution in [0.3, 0.4) is 0 Å². The van der Waals surface area contributed by atoms with Crippen molar-refractivity contribution in [2.75, 3.05) is 26.4 Å². The highest BCUT2D eigenvalue weighted by molar-refractivity contribution is 4.89. The number of hydrogen-bond acceptors (Lipinski definition) is 5. The minimum Gasteiger partial charge on any atom is -0.394 e. The second-order valence-electron chi connectivity index (χ2n) is 4.21. The number of ether oxygens (including phenoxy) is 2. The zero-order chi connectivity index (χ0) is 12.5. The van der Waals surface area contributed by atoms with Crippen LogP contribution in [0.25, 0.3) is 0 Å². The van der Waals surface area contributed by atoms with E-state index in [4.69, 9.17) is 14.6 Å². The van der Waals surface area contributed by atoms with Crippen LogP contribution in [0.1, 0.15) is 19.5 Å². The fraction of sp³-hybridized carbons (Fsp3) is 0.818. The number of aliphatic hydroxyl groups excluding tert-OH is 1. The summed E-state index contributed by atoms with van der Waals surface area (Å²) in [5.74, 6) is 0.553. The molecule has 0 atom stereocenters. The van der Waals surface area contributed by atoms with E-state index in [0.717, 1.165) is 12.2 Å². The Morgan fingerprint density at radius 2 is 2.06 bits per heavy atom. The van der Waals surface area contributed by atoms with E-state index in [-0.39, 0.29) is 6.61 Å². The molecule has 1 N–H and O–H groups in total. The number of aliphatic hydroxyl groups is 1. The third-order valence-corrected chi connectivity index (χ3v) is 2.00. The first-order valence-corrected chi connectivity index (χ1v) is 5.87. The molecular formula is C11H21N3O3. The third kappa shape index (κ3) is 6.35. The number of aromatic nitrogens is 3. The van der Waals surface area contributed by atoms with Gasteiger partial charge in [-0.25, -0.2) is 0 Å². The van der Waals surface area contributed by atoms with Gasteiger partial charge in [-0.3, -0.25) is 4.68 Å². The zero-order valence-electron chi connectivity index (χ0n) is 10.5. The van der Waals surface area contributed by atoms with Gasteiger partial charge in [-0.15, -0.1) is 5.10 Å². The molecule has 1 heterocycles. The van der Waals surface area contributed by atoms with Crippen molar-refractivity contribution in [2.24, 2.45) is 5.92 Å². The molecule has 98 valence electrons. The van der Waals surface area contributed by atoms with Crippen LogP contribution in [0.5, 0.6) is 0 Å². The summed E-state index contributed by atoms with van der Waals surface area (Å²) in [6.07, 6.45) is 1.90. The first kappa shape index (κ1) is 14.1. The maximum absolute atomic E-state index is 8.49. The van der Waals surface area contributed by atoms with Gasteiger partial charge in [-0.05, 0) is 5.92 Å². The highest BCUT2D eigenvalue weighted by Crippen LogP contribution is 2.00. The van der Waals surface area contributed by atoms with Gasteiger partial charge in [0.1, 0.15) is 5.69 Å². The molecule has 0 aliphatic rings. The summed E-state index contributed by atoms with van der Waals surface area (Å²) in [4.78, 5) is 0. The van der Waals surface area contributed by atoms with Gasteiger partial charge in [-0.2, -0.15) is 0 Å². The lowest BCUT2D eigenvalue weighted by Gasteiger charge is -2.03. The van der Waals surface area contributed by atoms with Gasteiger partial charge >= 0.3 is 0 Å². The predicted molar refractivity (Wildman–Crippen MR) is 62.4 cm³/mol. The van der Waals surface area contributed by atoms with E-state index in [2.05, 4.69) is 24.2 Å². The Kier molecular flexibility index (Phi) is 6.76. The highest BCUT2D eigenvalue weighted by atomic mass is 16.5. The van der Waals surface area contributed by atoms with Crippen LogP contribution in [-0.2, 0) is 22.6 Å². The SMILES string of the molecule is CC(C)Cn1cc(COCCOCCO)nn1. The van der Waals surface area contributed by atoms with Crippen LogP contribution in [-0.4, -0.2) is 46.5 Å². The Labute approximate surface area is 102 Å². The van der Waals surface area contributed by atoms with Gasteiger partial charge in [-0.1, -0.05) is 19.1 Å². The Hall–Kier alpha value is -0.980. The summed E-state index contributed by atoms with van der Waals surface area (Å²) in [5.41, 5.74) is 0.827. The van der Waals surface area contributed by atoms with Crippen LogP contribution in [0, 0.1) is 5.92 Å². The molecule has 0 amide bonds. The number of hydrogen-bond donors (Lipinski definition) is 1. The maximum Gasteiger partial charge on any atom is 0.108 e. The van der Waals surface area contributed by atoms with Crippen LogP contribution < -0.4 is 0 Å². The molecule has 1 rings (SSSR count). The van der Waals surface area contributed by atoms with E-state index < -0.39 is 0 Å². The molecule has 0 saturated heterocycles. The van der Waals surface area contributed by atoms with Gasteiger partial charge in [0.15, 0.2) is 0 Å². The molecule has 0 aliphatic carbocycles. The summed E-state index contributed by atoms with van der Waals surface area (Å²) >= 11 is 0. The van der Waals surface area contributed by atoms with Crippen molar-refractivity contribution in [2.45, 2.75) is 27.0 Å². The molecular weight excluding hydrogens is 222 g/mol. The highest BCUT2D eigenvalue weighted by Gasteiger charge is 2.02. The monoisotopic (exact) mass is 243 g/mol. The summed E-state index contributed by atoms with van der Waals surface area (Å²) < 4.78 is 12.2. The van der Waals surface area contributed by atoms with Crippen LogP contribution in [0.4, 0.5) is 0 Å². The normalized spacial score (nSPS) is 11.3. The maximum atomic E-state index is 8.49. The minimum absolute atomic E-state index is 0.0452. The molecule has 1 aromatic heterocycles. The smallest absolute Gasteiger partial charge is 0.108 e. The molecule has 6 heteroatoms. The third-order valence-electron chi connectivity index (χ3n) is 2.00. The first-order chi connectivity index (χ1) is 8.22. The summed E-state index contributed by atoms with van der Waals surface area (Å²) in [6.45, 7) is 6.97. The zero-order valence-corrected chi connectivity index (χ0v) is 10.5. The molecule has 0 fully saturated rings. The molecule has 0 aromatic carbocycles. The average molecular weight is 243 g/mol. The van der Waals surface area contributed by atoms with Crippen molar-refractivity contribution in [3.63, 3.8) is 0 Å². The Morgan fingerprint density at radius 3 is 2.76 bits per heavy atom. The largest absolute Gasteiger partial charge is 0.394 e. The van der Waals surface area contributed by atoms with Crippen molar-refractivity contribution < 1.29 is 14.6 Å². The van der Waals surface area contributed by atoms with Crippen molar-refractivity contribution in [3.8, 4) is 0 Å². The topological polar surface area (TPSA) is 69.4 Å². The van der Waals surface area contributed by atoms with Crippen LogP contribution >= 0.6 is 0 Å². The molecule has 6 nitrogen and oxygen atoms in total. The fourth-order valence-corrected chi connectivity index (χ4v) is 1.33. The van der Waals surface area contributed by atoms with Gasteiger partial charge < -0.3 is 14.6 Å². The van der Waals surface area contributed by atoms with E-state index in [9.17, 15) is 0 Å². The van der Waals surface area contributed by atoms with Crippen LogP contribution in [0.2, 0.25) is 0 Å². The van der Waals surface area contributed by atoms with Crippen molar-refractivity contribution >= 4 is 0 Å². The second-order valence-corrected chi connectivity index (χ2v) is 4.21. The Balaban J connectivity index is 2.12. The van der Waals surface area contributed by atoms with Gasteiger partial charge in [0.2, 0.25) is 0 Å². The number of nitrogens with zero attached hydrogens (tertiary/aromatic N) is 3. The first-order valence-electron chi connectivity index (χ1n) is 5.87. The van der Waals surface area contributed by atoms with E-state index in [0.29, 0.717) is 32.3 Å². The molecule has 1 aromatic rings. The van der Waals surface area contributed by atoms with E-state index in [1.54, 1.807) is 0 Å². The molecule has 0 saturated carbocycles. The van der Waals surface area contributed by atoms with Crippen molar-refractivity contribution in [1.82, 2.24) is 15.0 Å². The van der Waals surface area contributed by atoms with Gasteiger partial charge in [0.05, 0.1) is 39.2 Å². The summed E-state index contributed by atoms with van der Waals surface area (Å²) in [7, 11) is 0. The molecule has 0 bridgehead atoms. The Morgan fingerprint density at radius 1 is 1.29 bits per heavy atom. The summed E-state index contributed by atoms with van der Waals surface area (Å²) in [6, 6.07) is 0. The standard InChI is InChI=1S/C11H21N3O3/c1-10(2)7-14-8-11(12-13-14)9-17-6-5-16-4-3-15/h8,10,15H,3-7,9H2,1-2H3. The lowest BCUT2D eigenvalue weighted by molar-refractivity contribution is 0.0265. The molecule has 0 unspecified atom stereocenters. The molecule has 17 heavy (non-hydrogen) atoms. The van der Waals surface area contributed by atoms with Crippen molar-refractivity contribution in [1.29, 1.82) is 0 Å². The van der Waals surface area contributed by atoms with E-state index >= 15 is 0 Å². The molecule has 0 aliphatic heterocycles. The lowest BCUT2D eigenvalue weighted by atomic mass is 10.2. The predicted octanol–water partition coefficient (Wildman–Crippen LogP) is 0.460. The fourth-order valence-electron chi connectivity index (χ4n) is 1.33. The summed E-state index contributed by atoms with van der Waals surface area (Å²) in [5, 5.41) is 16.5.